The van der Waals surface area contributed by atoms with Gasteiger partial charge in [0.1, 0.15) is 27.7 Å². The van der Waals surface area contributed by atoms with Crippen LogP contribution in [0.15, 0.2) is 12.4 Å². The molecule has 1 heterocycles. The molecule has 0 saturated heterocycles. The van der Waals surface area contributed by atoms with E-state index in [1.54, 1.807) is 6.92 Å². The SMILES string of the molecule is CCCN(CCC)c1cc(C(F)(F)F)ncn1.CCS(C)(=O)=O. The van der Waals surface area contributed by atoms with Gasteiger partial charge in [-0.1, -0.05) is 20.8 Å². The van der Waals surface area contributed by atoms with Crippen molar-refractivity contribution in [3.63, 3.8) is 0 Å². The highest BCUT2D eigenvalue weighted by Crippen LogP contribution is 2.28. The summed E-state index contributed by atoms with van der Waals surface area (Å²) in [7, 11) is -2.66. The quantitative estimate of drug-likeness (QED) is 0.784. The molecule has 0 aliphatic rings. The number of anilines is 1. The molecule has 0 N–H and O–H groups in total. The van der Waals surface area contributed by atoms with Crippen molar-refractivity contribution in [1.82, 2.24) is 9.97 Å². The van der Waals surface area contributed by atoms with Crippen LogP contribution in [0.2, 0.25) is 0 Å². The van der Waals surface area contributed by atoms with Crippen LogP contribution in [0.5, 0.6) is 0 Å². The highest BCUT2D eigenvalue weighted by atomic mass is 32.2. The van der Waals surface area contributed by atoms with E-state index in [4.69, 9.17) is 0 Å². The highest BCUT2D eigenvalue weighted by molar-refractivity contribution is 7.90. The maximum atomic E-state index is 12.5. The van der Waals surface area contributed by atoms with Crippen LogP contribution in [0.4, 0.5) is 19.0 Å². The van der Waals surface area contributed by atoms with E-state index in [0.29, 0.717) is 18.9 Å². The molecule has 1 aromatic heterocycles. The predicted molar refractivity (Wildman–Crippen MR) is 85.2 cm³/mol. The average Bonchev–Trinajstić information content (AvgIpc) is 2.46. The van der Waals surface area contributed by atoms with Crippen molar-refractivity contribution in [2.75, 3.05) is 30.0 Å². The Bertz CT molecular complexity index is 557. The Kier molecular flexibility index (Phi) is 9.11. The smallest absolute Gasteiger partial charge is 0.357 e. The lowest BCUT2D eigenvalue weighted by Crippen LogP contribution is -2.26. The van der Waals surface area contributed by atoms with Gasteiger partial charge in [0.15, 0.2) is 0 Å². The average molecular weight is 355 g/mol. The van der Waals surface area contributed by atoms with Gasteiger partial charge in [-0.2, -0.15) is 13.2 Å². The molecule has 0 aliphatic carbocycles. The molecular weight excluding hydrogens is 331 g/mol. The first-order chi connectivity index (χ1) is 10.5. The van der Waals surface area contributed by atoms with E-state index in [1.807, 2.05) is 18.7 Å². The van der Waals surface area contributed by atoms with Crippen LogP contribution in [0.3, 0.4) is 0 Å². The van der Waals surface area contributed by atoms with Gasteiger partial charge in [0.25, 0.3) is 0 Å². The Hall–Kier alpha value is -1.38. The van der Waals surface area contributed by atoms with Crippen molar-refractivity contribution in [3.8, 4) is 0 Å². The number of hydrogen-bond acceptors (Lipinski definition) is 5. The molecular formula is C14H24F3N3O2S. The number of nitrogens with zero attached hydrogens (tertiary/aromatic N) is 3. The van der Waals surface area contributed by atoms with E-state index in [1.165, 1.54) is 6.26 Å². The summed E-state index contributed by atoms with van der Waals surface area (Å²) in [5, 5.41) is 0. The normalized spacial score (nSPS) is 11.6. The van der Waals surface area contributed by atoms with Crippen molar-refractivity contribution in [3.05, 3.63) is 18.1 Å². The van der Waals surface area contributed by atoms with Crippen LogP contribution in [-0.2, 0) is 16.0 Å². The maximum Gasteiger partial charge on any atom is 0.433 e. The van der Waals surface area contributed by atoms with E-state index in [2.05, 4.69) is 9.97 Å². The third kappa shape index (κ3) is 9.37. The van der Waals surface area contributed by atoms with Gasteiger partial charge in [0, 0.05) is 31.2 Å². The summed E-state index contributed by atoms with van der Waals surface area (Å²) in [6.07, 6.45) is -0.498. The zero-order valence-electron chi connectivity index (χ0n) is 13.9. The predicted octanol–water partition coefficient (Wildman–Crippen LogP) is 3.17. The minimum Gasteiger partial charge on any atom is -0.357 e. The summed E-state index contributed by atoms with van der Waals surface area (Å²) in [6, 6.07) is 1.01. The molecule has 0 bridgehead atoms. The first-order valence-corrected chi connectivity index (χ1v) is 9.43. The van der Waals surface area contributed by atoms with Crippen LogP contribution < -0.4 is 4.90 Å². The van der Waals surface area contributed by atoms with E-state index < -0.39 is 21.7 Å². The van der Waals surface area contributed by atoms with Crippen molar-refractivity contribution in [2.24, 2.45) is 0 Å². The fraction of sp³-hybridized carbons (Fsp3) is 0.714. The van der Waals surface area contributed by atoms with E-state index in [0.717, 1.165) is 25.2 Å². The first-order valence-electron chi connectivity index (χ1n) is 7.37. The van der Waals surface area contributed by atoms with Crippen LogP contribution in [0.25, 0.3) is 0 Å². The van der Waals surface area contributed by atoms with Gasteiger partial charge in [-0.3, -0.25) is 0 Å². The molecule has 0 saturated carbocycles. The van der Waals surface area contributed by atoms with Gasteiger partial charge >= 0.3 is 6.18 Å². The van der Waals surface area contributed by atoms with Gasteiger partial charge in [-0.25, -0.2) is 18.4 Å². The van der Waals surface area contributed by atoms with Gasteiger partial charge in [0.2, 0.25) is 0 Å². The lowest BCUT2D eigenvalue weighted by Gasteiger charge is -2.22. The molecule has 5 nitrogen and oxygen atoms in total. The highest BCUT2D eigenvalue weighted by Gasteiger charge is 2.33. The fourth-order valence-corrected chi connectivity index (χ4v) is 1.56. The molecule has 134 valence electrons. The summed E-state index contributed by atoms with van der Waals surface area (Å²) >= 11 is 0. The number of rotatable bonds is 6. The molecule has 1 rings (SSSR count). The van der Waals surface area contributed by atoms with Crippen LogP contribution >= 0.6 is 0 Å². The topological polar surface area (TPSA) is 63.2 Å². The summed E-state index contributed by atoms with van der Waals surface area (Å²) in [4.78, 5) is 9.00. The third-order valence-corrected chi connectivity index (χ3v) is 3.83. The zero-order chi connectivity index (χ0) is 18.1. The summed E-state index contributed by atoms with van der Waals surface area (Å²) in [5.74, 6) is 0.587. The molecule has 0 aliphatic heterocycles. The molecule has 0 atom stereocenters. The van der Waals surface area contributed by atoms with Crippen LogP contribution in [0, 0.1) is 0 Å². The Morgan fingerprint density at radius 2 is 1.57 bits per heavy atom. The molecule has 0 amide bonds. The summed E-state index contributed by atoms with van der Waals surface area (Å²) in [6.45, 7) is 6.97. The number of sulfone groups is 1. The lowest BCUT2D eigenvalue weighted by atomic mass is 10.3. The Labute approximate surface area is 135 Å². The summed E-state index contributed by atoms with van der Waals surface area (Å²) < 4.78 is 57.5. The second-order valence-electron chi connectivity index (χ2n) is 4.96. The van der Waals surface area contributed by atoms with E-state index in [9.17, 15) is 21.6 Å². The largest absolute Gasteiger partial charge is 0.433 e. The first kappa shape index (κ1) is 21.6. The fourth-order valence-electron chi connectivity index (χ4n) is 1.56. The number of halogens is 3. The molecule has 23 heavy (non-hydrogen) atoms. The molecule has 0 aromatic carbocycles. The second-order valence-corrected chi connectivity index (χ2v) is 7.39. The number of aromatic nitrogens is 2. The molecule has 0 unspecified atom stereocenters. The molecule has 0 spiro atoms. The monoisotopic (exact) mass is 355 g/mol. The van der Waals surface area contributed by atoms with Crippen molar-refractivity contribution >= 4 is 15.7 Å². The summed E-state index contributed by atoms with van der Waals surface area (Å²) in [5.41, 5.74) is -0.889. The lowest BCUT2D eigenvalue weighted by molar-refractivity contribution is -0.141. The van der Waals surface area contributed by atoms with E-state index in [-0.39, 0.29) is 5.75 Å². The molecule has 0 radical (unpaired) electrons. The van der Waals surface area contributed by atoms with Crippen LogP contribution in [0.1, 0.15) is 39.3 Å². The van der Waals surface area contributed by atoms with Crippen molar-refractivity contribution in [2.45, 2.75) is 39.8 Å². The second kappa shape index (κ2) is 9.69. The van der Waals surface area contributed by atoms with Gasteiger partial charge in [0.05, 0.1) is 0 Å². The Morgan fingerprint density at radius 3 is 1.91 bits per heavy atom. The molecule has 1 aromatic rings. The minimum atomic E-state index is -4.41. The number of alkyl halides is 3. The Morgan fingerprint density at radius 1 is 1.09 bits per heavy atom. The molecule has 9 heteroatoms. The number of hydrogen-bond donors (Lipinski definition) is 0. The maximum absolute atomic E-state index is 12.5. The van der Waals surface area contributed by atoms with Crippen LogP contribution in [-0.4, -0.2) is 43.5 Å². The standard InChI is InChI=1S/C11H16F3N3.C3H8O2S/c1-3-5-17(6-4-2)10-7-9(11(12,13)14)15-8-16-10;1-3-6(2,4)5/h7-8H,3-6H2,1-2H3;3H2,1-2H3. The van der Waals surface area contributed by atoms with Crippen molar-refractivity contribution < 1.29 is 21.6 Å². The van der Waals surface area contributed by atoms with Crippen molar-refractivity contribution in [1.29, 1.82) is 0 Å². The van der Waals surface area contributed by atoms with Gasteiger partial charge in [-0.05, 0) is 12.8 Å². The minimum absolute atomic E-state index is 0.243. The zero-order valence-corrected chi connectivity index (χ0v) is 14.7. The van der Waals surface area contributed by atoms with Gasteiger partial charge in [-0.15, -0.1) is 0 Å². The molecule has 0 fully saturated rings. The third-order valence-electron chi connectivity index (χ3n) is 2.78. The van der Waals surface area contributed by atoms with Gasteiger partial charge < -0.3 is 4.90 Å². The Balaban J connectivity index is 0.000000688. The van der Waals surface area contributed by atoms with E-state index >= 15 is 0 Å².